The second-order valence-electron chi connectivity index (χ2n) is 6.32. The van der Waals surface area contributed by atoms with Gasteiger partial charge in [-0.15, -0.1) is 0 Å². The van der Waals surface area contributed by atoms with E-state index in [1.54, 1.807) is 0 Å². The van der Waals surface area contributed by atoms with Crippen LogP contribution in [-0.2, 0) is 6.54 Å². The van der Waals surface area contributed by atoms with Crippen LogP contribution >= 0.6 is 0 Å². The van der Waals surface area contributed by atoms with Gasteiger partial charge in [0.05, 0.1) is 5.52 Å². The Morgan fingerprint density at radius 1 is 1.17 bits per heavy atom. The van der Waals surface area contributed by atoms with Crippen molar-refractivity contribution in [2.45, 2.75) is 40.2 Å². The molecule has 1 aromatic carbocycles. The van der Waals surface area contributed by atoms with Gasteiger partial charge < -0.3 is 14.3 Å². The van der Waals surface area contributed by atoms with E-state index in [0.29, 0.717) is 18.8 Å². The van der Waals surface area contributed by atoms with Crippen molar-refractivity contribution in [1.29, 1.82) is 0 Å². The first-order valence-electron chi connectivity index (χ1n) is 8.52. The summed E-state index contributed by atoms with van der Waals surface area (Å²) in [5.41, 5.74) is 4.78. The van der Waals surface area contributed by atoms with Crippen molar-refractivity contribution in [2.75, 3.05) is 6.54 Å². The molecular formula is C20H24N2O2. The number of nitrogens with one attached hydrogen (secondary N) is 1. The van der Waals surface area contributed by atoms with E-state index in [0.717, 1.165) is 29.7 Å². The van der Waals surface area contributed by atoms with E-state index >= 15 is 0 Å². The van der Waals surface area contributed by atoms with Crippen LogP contribution in [0.15, 0.2) is 40.8 Å². The third kappa shape index (κ3) is 3.37. The summed E-state index contributed by atoms with van der Waals surface area (Å²) in [5, 5.41) is 3.00. The van der Waals surface area contributed by atoms with Gasteiger partial charge in [-0.05, 0) is 25.8 Å². The summed E-state index contributed by atoms with van der Waals surface area (Å²) in [4.78, 5) is 12.6. The molecular weight excluding hydrogens is 300 g/mol. The van der Waals surface area contributed by atoms with Gasteiger partial charge in [0.2, 0.25) is 0 Å². The number of nitrogens with zero attached hydrogens (tertiary/aromatic N) is 1. The Morgan fingerprint density at radius 3 is 2.62 bits per heavy atom. The van der Waals surface area contributed by atoms with Gasteiger partial charge in [0.25, 0.3) is 5.91 Å². The summed E-state index contributed by atoms with van der Waals surface area (Å²) in [6.45, 7) is 7.47. The standard InChI is InChI=1S/C20H24N2O2/c1-4-5-10-21-20(23)18-12-19-17(11-15(3)24-19)22(18)13-16-8-6-14(2)7-9-16/h6-9,11-12H,4-5,10,13H2,1-3H3,(H,21,23). The molecule has 0 aliphatic rings. The minimum Gasteiger partial charge on any atom is -0.460 e. The average molecular weight is 324 g/mol. The van der Waals surface area contributed by atoms with Gasteiger partial charge in [0.1, 0.15) is 11.5 Å². The van der Waals surface area contributed by atoms with E-state index in [1.165, 1.54) is 11.1 Å². The molecule has 126 valence electrons. The number of benzene rings is 1. The Bertz CT molecular complexity index is 841. The van der Waals surface area contributed by atoms with Crippen molar-refractivity contribution in [2.24, 2.45) is 0 Å². The summed E-state index contributed by atoms with van der Waals surface area (Å²) >= 11 is 0. The molecule has 1 N–H and O–H groups in total. The lowest BCUT2D eigenvalue weighted by atomic mass is 10.1. The van der Waals surface area contributed by atoms with Crippen LogP contribution in [0.5, 0.6) is 0 Å². The topological polar surface area (TPSA) is 47.2 Å². The molecule has 0 unspecified atom stereocenters. The molecule has 24 heavy (non-hydrogen) atoms. The molecule has 1 amide bonds. The molecule has 0 spiro atoms. The minimum atomic E-state index is -0.0420. The summed E-state index contributed by atoms with van der Waals surface area (Å²) < 4.78 is 7.76. The Balaban J connectivity index is 1.94. The molecule has 0 fully saturated rings. The number of aromatic nitrogens is 1. The van der Waals surface area contributed by atoms with Gasteiger partial charge >= 0.3 is 0 Å². The third-order valence-electron chi connectivity index (χ3n) is 4.22. The maximum absolute atomic E-state index is 12.6. The third-order valence-corrected chi connectivity index (χ3v) is 4.22. The number of hydrogen-bond donors (Lipinski definition) is 1. The monoisotopic (exact) mass is 324 g/mol. The second kappa shape index (κ2) is 6.95. The number of amides is 1. The summed E-state index contributed by atoms with van der Waals surface area (Å²) in [5.74, 6) is 0.815. The van der Waals surface area contributed by atoms with Crippen molar-refractivity contribution >= 4 is 17.0 Å². The van der Waals surface area contributed by atoms with Crippen molar-refractivity contribution < 1.29 is 9.21 Å². The van der Waals surface area contributed by atoms with Crippen LogP contribution < -0.4 is 5.32 Å². The van der Waals surface area contributed by atoms with Crippen LogP contribution in [-0.4, -0.2) is 17.0 Å². The van der Waals surface area contributed by atoms with E-state index in [-0.39, 0.29) is 5.91 Å². The van der Waals surface area contributed by atoms with E-state index in [4.69, 9.17) is 4.42 Å². The zero-order valence-electron chi connectivity index (χ0n) is 14.6. The number of furan rings is 1. The van der Waals surface area contributed by atoms with Gasteiger partial charge in [0.15, 0.2) is 5.58 Å². The van der Waals surface area contributed by atoms with Crippen LogP contribution in [0.25, 0.3) is 11.1 Å². The van der Waals surface area contributed by atoms with Gasteiger partial charge in [-0.2, -0.15) is 0 Å². The molecule has 2 heterocycles. The Hall–Kier alpha value is -2.49. The summed E-state index contributed by atoms with van der Waals surface area (Å²) in [6.07, 6.45) is 2.05. The highest BCUT2D eigenvalue weighted by atomic mass is 16.3. The molecule has 3 rings (SSSR count). The molecule has 0 saturated carbocycles. The predicted molar refractivity (Wildman–Crippen MR) is 96.5 cm³/mol. The lowest BCUT2D eigenvalue weighted by Gasteiger charge is -2.11. The number of unbranched alkanes of at least 4 members (excludes halogenated alkanes) is 1. The Morgan fingerprint density at radius 2 is 1.92 bits per heavy atom. The van der Waals surface area contributed by atoms with Crippen LogP contribution in [0, 0.1) is 13.8 Å². The Kier molecular flexibility index (Phi) is 4.74. The van der Waals surface area contributed by atoms with Crippen LogP contribution in [0.1, 0.15) is 47.1 Å². The molecule has 0 aliphatic carbocycles. The molecule has 0 atom stereocenters. The fraction of sp³-hybridized carbons (Fsp3) is 0.350. The van der Waals surface area contributed by atoms with E-state index in [1.807, 2.05) is 23.6 Å². The lowest BCUT2D eigenvalue weighted by molar-refractivity contribution is 0.0944. The van der Waals surface area contributed by atoms with Gasteiger partial charge in [-0.3, -0.25) is 4.79 Å². The lowest BCUT2D eigenvalue weighted by Crippen LogP contribution is -2.27. The van der Waals surface area contributed by atoms with Crippen molar-refractivity contribution in [3.8, 4) is 0 Å². The van der Waals surface area contributed by atoms with Crippen molar-refractivity contribution in [3.63, 3.8) is 0 Å². The predicted octanol–water partition coefficient (Wildman–Crippen LogP) is 4.43. The van der Waals surface area contributed by atoms with Crippen LogP contribution in [0.2, 0.25) is 0 Å². The largest absolute Gasteiger partial charge is 0.460 e. The maximum atomic E-state index is 12.6. The highest BCUT2D eigenvalue weighted by Crippen LogP contribution is 2.25. The number of rotatable bonds is 6. The highest BCUT2D eigenvalue weighted by Gasteiger charge is 2.18. The quantitative estimate of drug-likeness (QED) is 0.682. The summed E-state index contributed by atoms with van der Waals surface area (Å²) in [6, 6.07) is 12.2. The first kappa shape index (κ1) is 16.4. The molecule has 4 nitrogen and oxygen atoms in total. The number of hydrogen-bond acceptors (Lipinski definition) is 2. The van der Waals surface area contributed by atoms with Crippen molar-refractivity contribution in [3.05, 3.63) is 59.0 Å². The van der Waals surface area contributed by atoms with Gasteiger partial charge in [-0.25, -0.2) is 0 Å². The zero-order valence-corrected chi connectivity index (χ0v) is 14.6. The van der Waals surface area contributed by atoms with Crippen molar-refractivity contribution in [1.82, 2.24) is 9.88 Å². The molecule has 0 radical (unpaired) electrons. The molecule has 2 aromatic heterocycles. The molecule has 0 aliphatic heterocycles. The van der Waals surface area contributed by atoms with Gasteiger partial charge in [-0.1, -0.05) is 43.2 Å². The SMILES string of the molecule is CCCCNC(=O)c1cc2oc(C)cc2n1Cc1ccc(C)cc1. The second-order valence-corrected chi connectivity index (χ2v) is 6.32. The van der Waals surface area contributed by atoms with E-state index in [9.17, 15) is 4.79 Å². The van der Waals surface area contributed by atoms with Crippen LogP contribution in [0.4, 0.5) is 0 Å². The molecule has 4 heteroatoms. The average Bonchev–Trinajstić information content (AvgIpc) is 3.07. The maximum Gasteiger partial charge on any atom is 0.268 e. The van der Waals surface area contributed by atoms with Crippen LogP contribution in [0.3, 0.4) is 0 Å². The number of fused-ring (bicyclic) bond motifs is 1. The van der Waals surface area contributed by atoms with E-state index in [2.05, 4.69) is 43.4 Å². The normalized spacial score (nSPS) is 11.1. The number of carbonyl (C=O) groups is 1. The summed E-state index contributed by atoms with van der Waals surface area (Å²) in [7, 11) is 0. The first-order chi connectivity index (χ1) is 11.6. The molecule has 0 bridgehead atoms. The van der Waals surface area contributed by atoms with E-state index < -0.39 is 0 Å². The zero-order chi connectivity index (χ0) is 17.1. The fourth-order valence-corrected chi connectivity index (χ4v) is 2.87. The smallest absolute Gasteiger partial charge is 0.268 e. The number of aryl methyl sites for hydroxylation is 2. The highest BCUT2D eigenvalue weighted by molar-refractivity contribution is 5.97. The fourth-order valence-electron chi connectivity index (χ4n) is 2.87. The van der Waals surface area contributed by atoms with Gasteiger partial charge in [0, 0.05) is 25.2 Å². The Labute approximate surface area is 142 Å². The molecule has 3 aromatic rings. The minimum absolute atomic E-state index is 0.0420. The molecule has 0 saturated heterocycles. The number of carbonyl (C=O) groups excluding carboxylic acids is 1. The first-order valence-corrected chi connectivity index (χ1v) is 8.52.